The average molecular weight is 987 g/mol. The fourth-order valence-corrected chi connectivity index (χ4v) is 7.51. The molecule has 0 aliphatic carbocycles. The number of nitrogens with zero attached hydrogens (tertiary/aromatic N) is 7. The van der Waals surface area contributed by atoms with Crippen molar-refractivity contribution < 1.29 is 35.0 Å². The topological polar surface area (TPSA) is 71.7 Å². The van der Waals surface area contributed by atoms with Crippen molar-refractivity contribution in [2.24, 2.45) is 0 Å². The van der Waals surface area contributed by atoms with E-state index in [9.17, 15) is 0 Å². The van der Waals surface area contributed by atoms with Gasteiger partial charge in [-0.05, 0) is 54.0 Å². The van der Waals surface area contributed by atoms with Crippen LogP contribution in [0.3, 0.4) is 0 Å². The number of aryl methyl sites for hydroxylation is 2. The molecule has 10 rings (SSSR count). The normalized spacial score (nSPS) is 12.3. The van der Waals surface area contributed by atoms with Crippen molar-refractivity contribution in [1.29, 1.82) is 0 Å². The SMILES string of the molecule is Cc1ccc(-c2nc(-c3ccc(C)cc3)nc(-c3cc4c5ccccc5n(-c5ccccn5)c4[c-]c3Oc3[c-]c([N+]4=C=[N+](c5ccc(C(C)(C)C)cc5)C=C4)ccc3)n2)cc1.[Pt+2]. The van der Waals surface area contributed by atoms with Gasteiger partial charge in [0.2, 0.25) is 5.69 Å². The van der Waals surface area contributed by atoms with Crippen LogP contribution in [0.1, 0.15) is 37.5 Å². The number of para-hydroxylation sites is 1. The van der Waals surface area contributed by atoms with Gasteiger partial charge in [-0.3, -0.25) is 0 Å². The van der Waals surface area contributed by atoms with Crippen LogP contribution in [0.5, 0.6) is 11.5 Å². The summed E-state index contributed by atoms with van der Waals surface area (Å²) in [6.07, 6.45) is 5.75. The number of hydrogen-bond acceptors (Lipinski definition) is 5. The van der Waals surface area contributed by atoms with Crippen LogP contribution in [0.15, 0.2) is 158 Å². The average Bonchev–Trinajstić information content (AvgIpc) is 3.90. The van der Waals surface area contributed by atoms with E-state index in [1.807, 2.05) is 94.3 Å². The number of benzene rings is 6. The molecule has 8 nitrogen and oxygen atoms in total. The molecule has 0 saturated heterocycles. The fourth-order valence-electron chi connectivity index (χ4n) is 7.51. The Morgan fingerprint density at radius 2 is 1.27 bits per heavy atom. The first-order valence-corrected chi connectivity index (χ1v) is 20.3. The summed E-state index contributed by atoms with van der Waals surface area (Å²) in [4.78, 5) is 20.1. The van der Waals surface area contributed by atoms with Gasteiger partial charge in [-0.15, -0.1) is 23.6 Å². The van der Waals surface area contributed by atoms with Crippen LogP contribution in [0.25, 0.3) is 61.8 Å². The van der Waals surface area contributed by atoms with E-state index >= 15 is 0 Å². The first kappa shape index (κ1) is 40.3. The molecule has 302 valence electrons. The third kappa shape index (κ3) is 7.83. The van der Waals surface area contributed by atoms with Crippen LogP contribution in [-0.2, 0) is 26.5 Å². The molecular formula is C53H41N7OPt+2. The second-order valence-electron chi connectivity index (χ2n) is 16.3. The molecule has 0 N–H and O–H groups in total. The monoisotopic (exact) mass is 986 g/mol. The summed E-state index contributed by atoms with van der Waals surface area (Å²) in [6, 6.07) is 57.8. The molecule has 3 aromatic heterocycles. The van der Waals surface area contributed by atoms with Gasteiger partial charge in [-0.1, -0.05) is 144 Å². The maximum atomic E-state index is 6.90. The van der Waals surface area contributed by atoms with E-state index in [1.54, 1.807) is 6.20 Å². The number of rotatable bonds is 8. The van der Waals surface area contributed by atoms with Gasteiger partial charge in [-0.25, -0.2) is 19.9 Å². The zero-order chi connectivity index (χ0) is 41.7. The van der Waals surface area contributed by atoms with Crippen LogP contribution in [0, 0.1) is 26.0 Å². The minimum absolute atomic E-state index is 0. The molecule has 1 aliphatic heterocycles. The van der Waals surface area contributed by atoms with Crippen molar-refractivity contribution >= 4 is 39.2 Å². The van der Waals surface area contributed by atoms with E-state index in [0.717, 1.165) is 61.3 Å². The van der Waals surface area contributed by atoms with Crippen molar-refractivity contribution in [3.05, 3.63) is 187 Å². The zero-order valence-electron chi connectivity index (χ0n) is 34.9. The van der Waals surface area contributed by atoms with E-state index in [1.165, 1.54) is 5.56 Å². The van der Waals surface area contributed by atoms with Crippen molar-refractivity contribution in [1.82, 2.24) is 24.5 Å². The van der Waals surface area contributed by atoms with E-state index in [2.05, 4.69) is 124 Å². The summed E-state index contributed by atoms with van der Waals surface area (Å²) >= 11 is 0. The minimum atomic E-state index is 0. The van der Waals surface area contributed by atoms with Gasteiger partial charge in [0.15, 0.2) is 11.6 Å². The summed E-state index contributed by atoms with van der Waals surface area (Å²) in [5.74, 6) is 3.26. The van der Waals surface area contributed by atoms with E-state index in [-0.39, 0.29) is 26.5 Å². The second kappa shape index (κ2) is 16.4. The summed E-state index contributed by atoms with van der Waals surface area (Å²) in [7, 11) is 0. The molecule has 0 fully saturated rings. The van der Waals surface area contributed by atoms with Crippen LogP contribution >= 0.6 is 0 Å². The molecule has 9 heteroatoms. The molecule has 62 heavy (non-hydrogen) atoms. The van der Waals surface area contributed by atoms with Crippen LogP contribution in [0.2, 0.25) is 0 Å². The quantitative estimate of drug-likeness (QED) is 0.112. The van der Waals surface area contributed by atoms with Crippen molar-refractivity contribution in [2.45, 2.75) is 40.0 Å². The summed E-state index contributed by atoms with van der Waals surface area (Å²) in [5.41, 5.74) is 9.64. The molecule has 1 aliphatic rings. The standard InChI is InChI=1S/C53H41N7O.Pt/c1-35-16-20-37(21-17-35)50-55-51(38-22-18-36(2)19-23-38)57-52(56-50)45-32-44-43-13-6-7-14-46(43)60(49-15-8-9-28-54-49)47(44)33-48(45)61-42-12-10-11-41(31-42)59-30-29-58(34-59)40-26-24-39(25-27-40)53(3,4)5;/h6-30,32H,1-5H3;/q;+2. The molecule has 4 heterocycles. The first-order valence-electron chi connectivity index (χ1n) is 20.3. The second-order valence-corrected chi connectivity index (χ2v) is 16.3. The Bertz CT molecular complexity index is 3170. The van der Waals surface area contributed by atoms with Gasteiger partial charge < -0.3 is 9.30 Å². The number of ether oxygens (including phenoxy) is 1. The Morgan fingerprint density at radius 1 is 0.629 bits per heavy atom. The molecule has 0 radical (unpaired) electrons. The van der Waals surface area contributed by atoms with Crippen molar-refractivity contribution in [3.8, 4) is 51.5 Å². The van der Waals surface area contributed by atoms with Gasteiger partial charge in [0.1, 0.15) is 17.3 Å². The molecule has 0 saturated carbocycles. The summed E-state index contributed by atoms with van der Waals surface area (Å²) in [5, 5.41) is 1.99. The van der Waals surface area contributed by atoms with E-state index in [4.69, 9.17) is 24.7 Å². The first-order chi connectivity index (χ1) is 29.6. The Kier molecular flexibility index (Phi) is 10.7. The maximum absolute atomic E-state index is 6.90. The molecule has 0 bridgehead atoms. The van der Waals surface area contributed by atoms with Crippen LogP contribution in [-0.4, -0.2) is 39.7 Å². The molecule has 0 spiro atoms. The zero-order valence-corrected chi connectivity index (χ0v) is 37.1. The maximum Gasteiger partial charge on any atom is 2.00 e. The molecule has 9 aromatic rings. The van der Waals surface area contributed by atoms with Gasteiger partial charge in [-0.2, -0.15) is 6.07 Å². The molecule has 0 atom stereocenters. The molecule has 6 aromatic carbocycles. The number of pyridine rings is 1. The summed E-state index contributed by atoms with van der Waals surface area (Å²) in [6.45, 7) is 10.8. The third-order valence-corrected chi connectivity index (χ3v) is 10.9. The predicted octanol–water partition coefficient (Wildman–Crippen LogP) is 12.3. The predicted molar refractivity (Wildman–Crippen MR) is 241 cm³/mol. The Hall–Kier alpha value is -7.11. The van der Waals surface area contributed by atoms with Crippen molar-refractivity contribution in [2.75, 3.05) is 0 Å². The third-order valence-electron chi connectivity index (χ3n) is 10.9. The van der Waals surface area contributed by atoms with Gasteiger partial charge in [0, 0.05) is 46.5 Å². The van der Waals surface area contributed by atoms with Gasteiger partial charge >= 0.3 is 27.1 Å². The number of hydrogen-bond donors (Lipinski definition) is 0. The van der Waals surface area contributed by atoms with Gasteiger partial charge in [0.25, 0.3) is 12.4 Å². The summed E-state index contributed by atoms with van der Waals surface area (Å²) < 4.78 is 12.9. The molecule has 0 unspecified atom stereocenters. The molecule has 0 amide bonds. The van der Waals surface area contributed by atoms with Gasteiger partial charge in [0.05, 0.1) is 0 Å². The number of aromatic nitrogens is 5. The van der Waals surface area contributed by atoms with Crippen LogP contribution < -0.4 is 4.74 Å². The Morgan fingerprint density at radius 3 is 1.94 bits per heavy atom. The fraction of sp³-hybridized carbons (Fsp3) is 0.113. The van der Waals surface area contributed by atoms with Crippen LogP contribution in [0.4, 0.5) is 11.4 Å². The molecular weight excluding hydrogens is 946 g/mol. The van der Waals surface area contributed by atoms with E-state index in [0.29, 0.717) is 34.5 Å². The van der Waals surface area contributed by atoms with E-state index < -0.39 is 0 Å². The smallest absolute Gasteiger partial charge is 0.508 e. The van der Waals surface area contributed by atoms with Crippen molar-refractivity contribution in [3.63, 3.8) is 0 Å². The largest absolute Gasteiger partial charge is 2.00 e. The Balaban J connectivity index is 0.00000490. The Labute approximate surface area is 375 Å². The minimum Gasteiger partial charge on any atom is -0.508 e. The number of fused-ring (bicyclic) bond motifs is 3.